The average Bonchev–Trinajstić information content (AvgIpc) is 3.02. The molecule has 28 heavy (non-hydrogen) atoms. The van der Waals surface area contributed by atoms with Gasteiger partial charge >= 0.3 is 5.97 Å². The molecule has 0 atom stereocenters. The molecule has 0 aliphatic carbocycles. The van der Waals surface area contributed by atoms with Crippen molar-refractivity contribution in [3.8, 4) is 5.75 Å². The second-order valence-electron chi connectivity index (χ2n) is 6.21. The average molecular weight is 398 g/mol. The largest absolute Gasteiger partial charge is 0.494 e. The molecule has 6 nitrogen and oxygen atoms in total. The van der Waals surface area contributed by atoms with E-state index < -0.39 is 0 Å². The van der Waals surface area contributed by atoms with Crippen molar-refractivity contribution in [1.29, 1.82) is 0 Å². The summed E-state index contributed by atoms with van der Waals surface area (Å²) in [4.78, 5) is 29.2. The number of nitrogens with zero attached hydrogens (tertiary/aromatic N) is 2. The molecule has 1 amide bonds. The van der Waals surface area contributed by atoms with Crippen LogP contribution in [0.2, 0.25) is 0 Å². The number of rotatable bonds is 6. The van der Waals surface area contributed by atoms with Gasteiger partial charge in [-0.2, -0.15) is 4.99 Å². The van der Waals surface area contributed by atoms with Crippen LogP contribution in [0.25, 0.3) is 10.2 Å². The standard InChI is InChI=1S/C21H22N2O4S/c1-4-27-16-8-9-17-18(13-16)28-21(23(17)11-10-19(24)26-3)22-20(25)15-7-5-6-14(2)12-15/h5-9,12-13H,4,10-11H2,1-3H3. The molecule has 3 aromatic rings. The number of carbonyl (C=O) groups is 2. The minimum Gasteiger partial charge on any atom is -0.494 e. The fourth-order valence-electron chi connectivity index (χ4n) is 2.85. The number of aromatic nitrogens is 1. The summed E-state index contributed by atoms with van der Waals surface area (Å²) in [5.41, 5.74) is 2.43. The molecule has 0 N–H and O–H groups in total. The Hall–Kier alpha value is -2.93. The van der Waals surface area contributed by atoms with Crippen molar-refractivity contribution in [2.45, 2.75) is 26.8 Å². The topological polar surface area (TPSA) is 69.9 Å². The van der Waals surface area contributed by atoms with Gasteiger partial charge in [-0.25, -0.2) is 0 Å². The molecule has 0 saturated heterocycles. The molecule has 1 heterocycles. The minimum absolute atomic E-state index is 0.196. The highest BCUT2D eigenvalue weighted by atomic mass is 32.1. The van der Waals surface area contributed by atoms with Crippen molar-refractivity contribution in [2.75, 3.05) is 13.7 Å². The van der Waals surface area contributed by atoms with Gasteiger partial charge in [0.2, 0.25) is 0 Å². The molecule has 146 valence electrons. The van der Waals surface area contributed by atoms with E-state index >= 15 is 0 Å². The zero-order valence-electron chi connectivity index (χ0n) is 16.1. The van der Waals surface area contributed by atoms with Gasteiger partial charge in [-0.3, -0.25) is 9.59 Å². The SMILES string of the molecule is CCOc1ccc2c(c1)sc(=NC(=O)c1cccc(C)c1)n2CCC(=O)OC. The van der Waals surface area contributed by atoms with Gasteiger partial charge < -0.3 is 14.0 Å². The van der Waals surface area contributed by atoms with Gasteiger partial charge in [0, 0.05) is 12.1 Å². The summed E-state index contributed by atoms with van der Waals surface area (Å²) in [6, 6.07) is 13.0. The Labute approximate surface area is 167 Å². The number of benzene rings is 2. The number of amides is 1. The van der Waals surface area contributed by atoms with Crippen LogP contribution in [0.1, 0.15) is 29.3 Å². The highest BCUT2D eigenvalue weighted by molar-refractivity contribution is 7.16. The van der Waals surface area contributed by atoms with Gasteiger partial charge in [0.15, 0.2) is 4.80 Å². The predicted octanol–water partition coefficient (Wildman–Crippen LogP) is 3.71. The third kappa shape index (κ3) is 4.48. The summed E-state index contributed by atoms with van der Waals surface area (Å²) in [6.07, 6.45) is 0.196. The van der Waals surface area contributed by atoms with Crippen molar-refractivity contribution in [2.24, 2.45) is 4.99 Å². The summed E-state index contributed by atoms with van der Waals surface area (Å²) in [5, 5.41) is 0. The summed E-state index contributed by atoms with van der Waals surface area (Å²) in [5.74, 6) is 0.133. The third-order valence-electron chi connectivity index (χ3n) is 4.19. The van der Waals surface area contributed by atoms with E-state index in [0.29, 0.717) is 23.5 Å². The minimum atomic E-state index is -0.313. The van der Waals surface area contributed by atoms with Crippen LogP contribution in [0.5, 0.6) is 5.75 Å². The van der Waals surface area contributed by atoms with E-state index in [2.05, 4.69) is 4.99 Å². The maximum Gasteiger partial charge on any atom is 0.307 e. The van der Waals surface area contributed by atoms with Crippen LogP contribution in [0.4, 0.5) is 0 Å². The zero-order chi connectivity index (χ0) is 20.1. The molecule has 0 radical (unpaired) electrons. The summed E-state index contributed by atoms with van der Waals surface area (Å²) >= 11 is 1.39. The van der Waals surface area contributed by atoms with Crippen LogP contribution >= 0.6 is 11.3 Å². The Kier molecular flexibility index (Phi) is 6.26. The molecule has 7 heteroatoms. The molecule has 0 spiro atoms. The molecule has 0 aliphatic heterocycles. The number of fused-ring (bicyclic) bond motifs is 1. The van der Waals surface area contributed by atoms with E-state index in [1.54, 1.807) is 6.07 Å². The van der Waals surface area contributed by atoms with E-state index in [0.717, 1.165) is 21.5 Å². The molecule has 2 aromatic carbocycles. The first-order valence-corrected chi connectivity index (χ1v) is 9.82. The van der Waals surface area contributed by atoms with E-state index in [9.17, 15) is 9.59 Å². The Morgan fingerprint density at radius 3 is 2.71 bits per heavy atom. The molecule has 3 rings (SSSR count). The van der Waals surface area contributed by atoms with Crippen LogP contribution in [-0.2, 0) is 16.1 Å². The second-order valence-corrected chi connectivity index (χ2v) is 7.22. The molecular weight excluding hydrogens is 376 g/mol. The molecule has 0 saturated carbocycles. The number of esters is 1. The van der Waals surface area contributed by atoms with E-state index in [1.807, 2.05) is 54.8 Å². The van der Waals surface area contributed by atoms with Crippen molar-refractivity contribution in [1.82, 2.24) is 4.57 Å². The van der Waals surface area contributed by atoms with Crippen LogP contribution in [0.15, 0.2) is 47.5 Å². The molecule has 1 aromatic heterocycles. The van der Waals surface area contributed by atoms with Crippen LogP contribution in [0, 0.1) is 6.92 Å². The maximum absolute atomic E-state index is 12.7. The normalized spacial score (nSPS) is 11.6. The number of thiazole rings is 1. The fraction of sp³-hybridized carbons (Fsp3) is 0.286. The lowest BCUT2D eigenvalue weighted by Crippen LogP contribution is -2.19. The van der Waals surface area contributed by atoms with Gasteiger partial charge in [-0.05, 0) is 44.2 Å². The first kappa shape index (κ1) is 19.8. The van der Waals surface area contributed by atoms with Crippen molar-refractivity contribution >= 4 is 33.4 Å². The Balaban J connectivity index is 2.07. The summed E-state index contributed by atoms with van der Waals surface area (Å²) in [7, 11) is 1.36. The first-order chi connectivity index (χ1) is 13.5. The molecule has 0 fully saturated rings. The molecule has 0 unspecified atom stereocenters. The molecular formula is C21H22N2O4S. The number of hydrogen-bond acceptors (Lipinski definition) is 5. The Bertz CT molecular complexity index is 1080. The van der Waals surface area contributed by atoms with Crippen LogP contribution < -0.4 is 9.54 Å². The number of hydrogen-bond donors (Lipinski definition) is 0. The lowest BCUT2D eigenvalue weighted by atomic mass is 10.1. The van der Waals surface area contributed by atoms with Crippen LogP contribution in [0.3, 0.4) is 0 Å². The molecule has 0 bridgehead atoms. The van der Waals surface area contributed by atoms with Gasteiger partial charge in [0.25, 0.3) is 5.91 Å². The molecule has 0 aliphatic rings. The number of carbonyl (C=O) groups excluding carboxylic acids is 2. The van der Waals surface area contributed by atoms with Gasteiger partial charge in [-0.1, -0.05) is 29.0 Å². The number of ether oxygens (including phenoxy) is 2. The maximum atomic E-state index is 12.7. The van der Waals surface area contributed by atoms with Gasteiger partial charge in [0.05, 0.1) is 30.4 Å². The number of methoxy groups -OCH3 is 1. The second kappa shape index (κ2) is 8.84. The van der Waals surface area contributed by atoms with Crippen molar-refractivity contribution < 1.29 is 19.1 Å². The Morgan fingerprint density at radius 1 is 1.18 bits per heavy atom. The fourth-order valence-corrected chi connectivity index (χ4v) is 3.93. The van der Waals surface area contributed by atoms with Gasteiger partial charge in [0.1, 0.15) is 5.75 Å². The van der Waals surface area contributed by atoms with E-state index in [1.165, 1.54) is 18.4 Å². The van der Waals surface area contributed by atoms with E-state index in [-0.39, 0.29) is 18.3 Å². The summed E-state index contributed by atoms with van der Waals surface area (Å²) < 4.78 is 13.1. The Morgan fingerprint density at radius 2 is 2.00 bits per heavy atom. The van der Waals surface area contributed by atoms with Crippen molar-refractivity contribution in [3.05, 3.63) is 58.4 Å². The van der Waals surface area contributed by atoms with Gasteiger partial charge in [-0.15, -0.1) is 0 Å². The quantitative estimate of drug-likeness (QED) is 0.594. The number of aryl methyl sites for hydroxylation is 2. The lowest BCUT2D eigenvalue weighted by Gasteiger charge is -2.06. The predicted molar refractivity (Wildman–Crippen MR) is 109 cm³/mol. The first-order valence-electron chi connectivity index (χ1n) is 9.00. The monoisotopic (exact) mass is 398 g/mol. The lowest BCUT2D eigenvalue weighted by molar-refractivity contribution is -0.140. The highest BCUT2D eigenvalue weighted by Gasteiger charge is 2.12. The highest BCUT2D eigenvalue weighted by Crippen LogP contribution is 2.24. The van der Waals surface area contributed by atoms with E-state index in [4.69, 9.17) is 9.47 Å². The zero-order valence-corrected chi connectivity index (χ0v) is 16.9. The van der Waals surface area contributed by atoms with Crippen molar-refractivity contribution in [3.63, 3.8) is 0 Å². The van der Waals surface area contributed by atoms with Crippen LogP contribution in [-0.4, -0.2) is 30.2 Å². The smallest absolute Gasteiger partial charge is 0.307 e. The summed E-state index contributed by atoms with van der Waals surface area (Å²) in [6.45, 7) is 4.81. The third-order valence-corrected chi connectivity index (χ3v) is 5.24.